The molecule has 0 amide bonds. The van der Waals surface area contributed by atoms with Crippen LogP contribution in [0.3, 0.4) is 0 Å². The van der Waals surface area contributed by atoms with Crippen molar-refractivity contribution in [3.8, 4) is 0 Å². The molecule has 90 valence electrons. The van der Waals surface area contributed by atoms with E-state index in [-0.39, 0.29) is 0 Å². The van der Waals surface area contributed by atoms with Crippen molar-refractivity contribution in [2.75, 3.05) is 0 Å². The van der Waals surface area contributed by atoms with Gasteiger partial charge in [0.15, 0.2) is 0 Å². The monoisotopic (exact) mass is 311 g/mol. The molecule has 18 heavy (non-hydrogen) atoms. The van der Waals surface area contributed by atoms with Crippen LogP contribution >= 0.6 is 0 Å². The minimum absolute atomic E-state index is 1.08. The van der Waals surface area contributed by atoms with Gasteiger partial charge < -0.3 is 0 Å². The molecular weight excluding hydrogens is 295 g/mol. The number of hydrogen-bond donors (Lipinski definition) is 0. The Bertz CT molecular complexity index is 574. The molecule has 0 nitrogen and oxygen atoms in total. The summed E-state index contributed by atoms with van der Waals surface area (Å²) in [7, 11) is 0. The molecular formula is C17H17Zr-. The van der Waals surface area contributed by atoms with E-state index in [1.165, 1.54) is 25.1 Å². The quantitative estimate of drug-likeness (QED) is 0.673. The van der Waals surface area contributed by atoms with Crippen molar-refractivity contribution in [1.29, 1.82) is 0 Å². The molecule has 1 heteroatoms. The molecule has 0 atom stereocenters. The van der Waals surface area contributed by atoms with Crippen molar-refractivity contribution in [1.82, 2.24) is 0 Å². The third-order valence-corrected chi connectivity index (χ3v) is 2.76. The van der Waals surface area contributed by atoms with Crippen LogP contribution in [0.2, 0.25) is 0 Å². The summed E-state index contributed by atoms with van der Waals surface area (Å²) in [5.41, 5.74) is 2.80. The molecule has 2 aromatic carbocycles. The van der Waals surface area contributed by atoms with Crippen LogP contribution in [-0.4, -0.2) is 3.21 Å². The van der Waals surface area contributed by atoms with Crippen LogP contribution in [0.4, 0.5) is 0 Å². The van der Waals surface area contributed by atoms with Gasteiger partial charge in [-0.3, -0.25) is 0 Å². The third-order valence-electron chi connectivity index (χ3n) is 2.76. The first-order valence-electron chi connectivity index (χ1n) is 6.20. The molecule has 0 saturated heterocycles. The first kappa shape index (κ1) is 13.5. The molecule has 0 radical (unpaired) electrons. The Morgan fingerprint density at radius 3 is 2.56 bits per heavy atom. The fourth-order valence-electron chi connectivity index (χ4n) is 2.00. The number of allylic oxidation sites excluding steroid dienone is 4. The first-order valence-corrected chi connectivity index (χ1v) is 7.43. The second kappa shape index (κ2) is 6.29. The van der Waals surface area contributed by atoms with Gasteiger partial charge in [-0.25, -0.2) is 0 Å². The maximum absolute atomic E-state index is 2.27. The van der Waals surface area contributed by atoms with Crippen molar-refractivity contribution >= 4 is 19.6 Å². The zero-order valence-corrected chi connectivity index (χ0v) is 13.4. The second-order valence-corrected chi connectivity index (χ2v) is 7.16. The van der Waals surface area contributed by atoms with Gasteiger partial charge in [0.1, 0.15) is 0 Å². The molecule has 0 saturated carbocycles. The number of fused-ring (bicyclic) bond motifs is 1. The van der Waals surface area contributed by atoms with Crippen molar-refractivity contribution in [2.45, 2.75) is 20.3 Å². The van der Waals surface area contributed by atoms with Gasteiger partial charge in [0, 0.05) is 0 Å². The molecule has 2 aromatic rings. The van der Waals surface area contributed by atoms with Crippen molar-refractivity contribution in [3.63, 3.8) is 0 Å². The fourth-order valence-corrected chi connectivity index (χ4v) is 2.00. The van der Waals surface area contributed by atoms with E-state index in [1.54, 1.807) is 24.2 Å². The molecule has 0 fully saturated rings. The molecule has 0 aliphatic heterocycles. The van der Waals surface area contributed by atoms with Gasteiger partial charge in [-0.1, -0.05) is 36.4 Å². The van der Waals surface area contributed by atoms with Crippen LogP contribution in [0.25, 0.3) is 16.3 Å². The molecule has 0 N–H and O–H groups in total. The van der Waals surface area contributed by atoms with E-state index in [9.17, 15) is 0 Å². The van der Waals surface area contributed by atoms with Crippen LogP contribution < -0.4 is 0 Å². The maximum atomic E-state index is 2.27. The van der Waals surface area contributed by atoms with Gasteiger partial charge in [-0.05, 0) is 6.42 Å². The molecule has 0 aromatic heterocycles. The Morgan fingerprint density at radius 2 is 1.94 bits per heavy atom. The van der Waals surface area contributed by atoms with Crippen LogP contribution in [0.5, 0.6) is 0 Å². The number of benzene rings is 1. The van der Waals surface area contributed by atoms with E-state index in [0.29, 0.717) is 0 Å². The summed E-state index contributed by atoms with van der Waals surface area (Å²) in [6.45, 7) is 4.25. The van der Waals surface area contributed by atoms with E-state index in [2.05, 4.69) is 68.5 Å². The summed E-state index contributed by atoms with van der Waals surface area (Å²) in [5.74, 6) is 0. The van der Waals surface area contributed by atoms with Crippen LogP contribution in [-0.2, 0) is 24.2 Å². The van der Waals surface area contributed by atoms with Crippen molar-refractivity contribution in [3.05, 3.63) is 60.2 Å². The molecule has 0 bridgehead atoms. The zero-order chi connectivity index (χ0) is 13.0. The van der Waals surface area contributed by atoms with Gasteiger partial charge >= 0.3 is 41.3 Å². The molecule has 3 rings (SSSR count). The molecule has 0 heterocycles. The molecule has 1 aliphatic rings. The molecule has 0 spiro atoms. The topological polar surface area (TPSA) is 0 Å². The Balaban J connectivity index is 0.000000267. The van der Waals surface area contributed by atoms with Crippen LogP contribution in [0.15, 0.2) is 54.6 Å². The summed E-state index contributed by atoms with van der Waals surface area (Å²) < 4.78 is 1.51. The van der Waals surface area contributed by atoms with E-state index in [0.717, 1.165) is 6.42 Å². The Labute approximate surface area is 124 Å². The van der Waals surface area contributed by atoms with E-state index in [1.807, 2.05) is 0 Å². The minimum atomic E-state index is 1.08. The number of rotatable bonds is 1. The van der Waals surface area contributed by atoms with Crippen LogP contribution in [0.1, 0.15) is 25.8 Å². The average molecular weight is 313 g/mol. The molecule has 1 aliphatic carbocycles. The fraction of sp³-hybridized carbons (Fsp3) is 0.176. The standard InChI is InChI=1S/C14H11.C3H6.Zr/c1-2-6-11(5-1)14-9-12-7-3-4-8-13(12)10-14;1-3-2;/h1-5,7-10H,6H2;1-2H3;/q-1;;. The Kier molecular flexibility index (Phi) is 4.72. The van der Waals surface area contributed by atoms with Crippen molar-refractivity contribution in [2.24, 2.45) is 0 Å². The second-order valence-electron chi connectivity index (χ2n) is 4.70. The first-order chi connectivity index (χ1) is 8.66. The van der Waals surface area contributed by atoms with Crippen molar-refractivity contribution < 1.29 is 24.2 Å². The third kappa shape index (κ3) is 3.53. The van der Waals surface area contributed by atoms with Crippen LogP contribution in [0, 0.1) is 0 Å². The van der Waals surface area contributed by atoms with Gasteiger partial charge in [-0.15, -0.1) is 40.1 Å². The van der Waals surface area contributed by atoms with Gasteiger partial charge in [0.25, 0.3) is 0 Å². The van der Waals surface area contributed by atoms with Gasteiger partial charge in [0.05, 0.1) is 0 Å². The summed E-state index contributed by atoms with van der Waals surface area (Å²) >= 11 is 1.55. The van der Waals surface area contributed by atoms with E-state index < -0.39 is 0 Å². The summed E-state index contributed by atoms with van der Waals surface area (Å²) in [6, 6.07) is 13.1. The normalized spacial score (nSPS) is 13.1. The molecule has 0 unspecified atom stereocenters. The average Bonchev–Trinajstić information content (AvgIpc) is 2.97. The van der Waals surface area contributed by atoms with Gasteiger partial charge in [-0.2, -0.15) is 0 Å². The predicted molar refractivity (Wildman–Crippen MR) is 77.6 cm³/mol. The summed E-state index contributed by atoms with van der Waals surface area (Å²) in [4.78, 5) is 0. The van der Waals surface area contributed by atoms with E-state index in [4.69, 9.17) is 0 Å². The Hall–Kier alpha value is -0.937. The van der Waals surface area contributed by atoms with E-state index >= 15 is 0 Å². The summed E-state index contributed by atoms with van der Waals surface area (Å²) in [6.07, 6.45) is 7.62. The number of hydrogen-bond acceptors (Lipinski definition) is 0. The summed E-state index contributed by atoms with van der Waals surface area (Å²) in [5, 5.41) is 2.69. The zero-order valence-electron chi connectivity index (χ0n) is 10.9. The SMILES string of the molecule is C1=CCC(c2cc3ccccc3[cH-]2)=C1.C[C](C)=[Zr]. The Morgan fingerprint density at radius 1 is 1.22 bits per heavy atom. The van der Waals surface area contributed by atoms with Gasteiger partial charge in [0.2, 0.25) is 0 Å². The predicted octanol–water partition coefficient (Wildman–Crippen LogP) is 4.65.